The zero-order valence-electron chi connectivity index (χ0n) is 8.09. The van der Waals surface area contributed by atoms with Gasteiger partial charge in [-0.2, -0.15) is 0 Å². The van der Waals surface area contributed by atoms with Gasteiger partial charge in [0.1, 0.15) is 0 Å². The minimum absolute atomic E-state index is 0.566. The van der Waals surface area contributed by atoms with Crippen molar-refractivity contribution >= 4 is 0 Å². The Morgan fingerprint density at radius 1 is 1.55 bits per heavy atom. The molecule has 0 N–H and O–H groups in total. The summed E-state index contributed by atoms with van der Waals surface area (Å²) in [5.74, 6) is 0. The van der Waals surface area contributed by atoms with Gasteiger partial charge in [0.05, 0.1) is 0 Å². The molecule has 0 heterocycles. The molecule has 0 aromatic carbocycles. The molecule has 0 spiro atoms. The minimum Gasteiger partial charge on any atom is -0.378 e. The summed E-state index contributed by atoms with van der Waals surface area (Å²) in [7, 11) is 2.09. The highest BCUT2D eigenvalue weighted by Crippen LogP contribution is 2.04. The summed E-state index contributed by atoms with van der Waals surface area (Å²) in [5, 5.41) is 0. The molecule has 0 aromatic heterocycles. The Morgan fingerprint density at radius 3 is 2.36 bits per heavy atom. The first-order valence-electron chi connectivity index (χ1n) is 4.16. The van der Waals surface area contributed by atoms with E-state index in [0.717, 1.165) is 6.42 Å². The first kappa shape index (κ1) is 10.3. The van der Waals surface area contributed by atoms with Crippen LogP contribution in [0, 0.1) is 0 Å². The average Bonchev–Trinajstić information content (AvgIpc) is 1.99. The maximum absolute atomic E-state index is 3.75. The van der Waals surface area contributed by atoms with Crippen LogP contribution in [0.1, 0.15) is 27.2 Å². The summed E-state index contributed by atoms with van der Waals surface area (Å²) in [6.07, 6.45) is 5.12. The van der Waals surface area contributed by atoms with Gasteiger partial charge < -0.3 is 4.90 Å². The molecule has 0 aliphatic carbocycles. The van der Waals surface area contributed by atoms with Gasteiger partial charge in [-0.1, -0.05) is 19.6 Å². The monoisotopic (exact) mass is 153 g/mol. The summed E-state index contributed by atoms with van der Waals surface area (Å²) in [6, 6.07) is 0.566. The standard InChI is InChI=1S/C10H19N/c1-6-10(7-2)8-11(5)9(3)4/h6,8-9H,1,7H2,2-5H3/b10-8+. The van der Waals surface area contributed by atoms with E-state index in [1.54, 1.807) is 0 Å². The third-order valence-corrected chi connectivity index (χ3v) is 1.85. The lowest BCUT2D eigenvalue weighted by Gasteiger charge is -2.19. The predicted octanol–water partition coefficient (Wildman–Crippen LogP) is 2.81. The van der Waals surface area contributed by atoms with Crippen LogP contribution in [-0.2, 0) is 0 Å². The first-order valence-corrected chi connectivity index (χ1v) is 4.16. The quantitative estimate of drug-likeness (QED) is 0.561. The number of allylic oxidation sites excluding steroid dienone is 2. The van der Waals surface area contributed by atoms with Crippen molar-refractivity contribution in [2.24, 2.45) is 0 Å². The van der Waals surface area contributed by atoms with Crippen LogP contribution < -0.4 is 0 Å². The van der Waals surface area contributed by atoms with Crippen molar-refractivity contribution in [3.05, 3.63) is 24.4 Å². The summed E-state index contributed by atoms with van der Waals surface area (Å²) in [5.41, 5.74) is 1.29. The van der Waals surface area contributed by atoms with Gasteiger partial charge in [0, 0.05) is 19.3 Å². The molecule has 0 aliphatic heterocycles. The Labute approximate surface area is 70.4 Å². The molecule has 0 fully saturated rings. The molecule has 1 nitrogen and oxygen atoms in total. The SMILES string of the molecule is C=C/C(=C\N(C)C(C)C)CC. The lowest BCUT2D eigenvalue weighted by molar-refractivity contribution is 0.373. The highest BCUT2D eigenvalue weighted by Gasteiger charge is 1.97. The van der Waals surface area contributed by atoms with E-state index in [4.69, 9.17) is 0 Å². The van der Waals surface area contributed by atoms with Crippen LogP contribution in [-0.4, -0.2) is 18.0 Å². The van der Waals surface area contributed by atoms with Crippen molar-refractivity contribution in [3.63, 3.8) is 0 Å². The van der Waals surface area contributed by atoms with Crippen LogP contribution in [0.2, 0.25) is 0 Å². The van der Waals surface area contributed by atoms with E-state index < -0.39 is 0 Å². The highest BCUT2D eigenvalue weighted by molar-refractivity contribution is 5.14. The van der Waals surface area contributed by atoms with Gasteiger partial charge in [0.15, 0.2) is 0 Å². The molecule has 0 amide bonds. The lowest BCUT2D eigenvalue weighted by Crippen LogP contribution is -2.20. The lowest BCUT2D eigenvalue weighted by atomic mass is 10.2. The van der Waals surface area contributed by atoms with Crippen molar-refractivity contribution < 1.29 is 0 Å². The van der Waals surface area contributed by atoms with Crippen LogP contribution in [0.15, 0.2) is 24.4 Å². The van der Waals surface area contributed by atoms with E-state index in [9.17, 15) is 0 Å². The molecule has 0 unspecified atom stereocenters. The highest BCUT2D eigenvalue weighted by atomic mass is 15.1. The molecule has 0 bridgehead atoms. The number of rotatable bonds is 4. The third kappa shape index (κ3) is 3.87. The van der Waals surface area contributed by atoms with Crippen molar-refractivity contribution in [1.82, 2.24) is 4.90 Å². The van der Waals surface area contributed by atoms with Gasteiger partial charge in [-0.05, 0) is 25.8 Å². The molecule has 0 aliphatic rings. The predicted molar refractivity (Wildman–Crippen MR) is 51.5 cm³/mol. The van der Waals surface area contributed by atoms with Gasteiger partial charge in [0.25, 0.3) is 0 Å². The van der Waals surface area contributed by atoms with Crippen LogP contribution in [0.5, 0.6) is 0 Å². The first-order chi connectivity index (χ1) is 5.11. The van der Waals surface area contributed by atoms with E-state index in [-0.39, 0.29) is 0 Å². The third-order valence-electron chi connectivity index (χ3n) is 1.85. The molecule has 0 radical (unpaired) electrons. The van der Waals surface area contributed by atoms with Gasteiger partial charge in [0.2, 0.25) is 0 Å². The van der Waals surface area contributed by atoms with Crippen molar-refractivity contribution in [2.45, 2.75) is 33.2 Å². The number of hydrogen-bond acceptors (Lipinski definition) is 1. The van der Waals surface area contributed by atoms with Crippen LogP contribution in [0.4, 0.5) is 0 Å². The summed E-state index contributed by atoms with van der Waals surface area (Å²) in [6.45, 7) is 10.2. The number of hydrogen-bond donors (Lipinski definition) is 0. The molecular formula is C10H19N. The Morgan fingerprint density at radius 2 is 2.09 bits per heavy atom. The Balaban J connectivity index is 4.14. The van der Waals surface area contributed by atoms with E-state index in [1.165, 1.54) is 5.57 Å². The second-order valence-electron chi connectivity index (χ2n) is 3.02. The second kappa shape index (κ2) is 5.00. The zero-order chi connectivity index (χ0) is 8.85. The van der Waals surface area contributed by atoms with E-state index in [2.05, 4.69) is 45.5 Å². The Hall–Kier alpha value is -0.720. The molecule has 64 valence electrons. The maximum Gasteiger partial charge on any atom is 0.0224 e. The van der Waals surface area contributed by atoms with Crippen molar-refractivity contribution in [3.8, 4) is 0 Å². The van der Waals surface area contributed by atoms with E-state index in [0.29, 0.717) is 6.04 Å². The molecule has 0 atom stereocenters. The fraction of sp³-hybridized carbons (Fsp3) is 0.600. The molecule has 0 aromatic rings. The largest absolute Gasteiger partial charge is 0.378 e. The molecule has 0 rings (SSSR count). The van der Waals surface area contributed by atoms with Crippen molar-refractivity contribution in [1.29, 1.82) is 0 Å². The van der Waals surface area contributed by atoms with E-state index >= 15 is 0 Å². The Bertz CT molecular complexity index is 145. The van der Waals surface area contributed by atoms with Gasteiger partial charge in [-0.3, -0.25) is 0 Å². The molecule has 1 heteroatoms. The van der Waals surface area contributed by atoms with Crippen molar-refractivity contribution in [2.75, 3.05) is 7.05 Å². The molecule has 11 heavy (non-hydrogen) atoms. The fourth-order valence-corrected chi connectivity index (χ4v) is 0.699. The van der Waals surface area contributed by atoms with Gasteiger partial charge >= 0.3 is 0 Å². The number of nitrogens with zero attached hydrogens (tertiary/aromatic N) is 1. The molecular weight excluding hydrogens is 134 g/mol. The minimum atomic E-state index is 0.566. The summed E-state index contributed by atoms with van der Waals surface area (Å²) >= 11 is 0. The van der Waals surface area contributed by atoms with Crippen LogP contribution in [0.25, 0.3) is 0 Å². The van der Waals surface area contributed by atoms with Crippen LogP contribution in [0.3, 0.4) is 0 Å². The fourth-order valence-electron chi connectivity index (χ4n) is 0.699. The topological polar surface area (TPSA) is 3.24 Å². The van der Waals surface area contributed by atoms with Gasteiger partial charge in [-0.15, -0.1) is 0 Å². The Kier molecular flexibility index (Phi) is 4.67. The van der Waals surface area contributed by atoms with Gasteiger partial charge in [-0.25, -0.2) is 0 Å². The second-order valence-corrected chi connectivity index (χ2v) is 3.02. The van der Waals surface area contributed by atoms with Crippen LogP contribution >= 0.6 is 0 Å². The maximum atomic E-state index is 3.75. The van der Waals surface area contributed by atoms with E-state index in [1.807, 2.05) is 6.08 Å². The smallest absolute Gasteiger partial charge is 0.0224 e. The molecule has 0 saturated carbocycles. The summed E-state index contributed by atoms with van der Waals surface area (Å²) in [4.78, 5) is 2.19. The normalized spacial score (nSPS) is 11.9. The summed E-state index contributed by atoms with van der Waals surface area (Å²) < 4.78 is 0. The molecule has 0 saturated heterocycles. The average molecular weight is 153 g/mol. The zero-order valence-corrected chi connectivity index (χ0v) is 8.09.